The summed E-state index contributed by atoms with van der Waals surface area (Å²) in [5.74, 6) is -0.843. The van der Waals surface area contributed by atoms with Crippen LogP contribution in [-0.4, -0.2) is 22.8 Å². The van der Waals surface area contributed by atoms with Gasteiger partial charge in [0.15, 0.2) is 0 Å². The van der Waals surface area contributed by atoms with E-state index in [1.165, 1.54) is 0 Å². The lowest BCUT2D eigenvalue weighted by Crippen LogP contribution is -2.33. The first-order valence-corrected chi connectivity index (χ1v) is 8.05. The molecule has 0 spiro atoms. The Labute approximate surface area is 141 Å². The van der Waals surface area contributed by atoms with Crippen molar-refractivity contribution in [1.82, 2.24) is 0 Å². The Morgan fingerprint density at radius 1 is 1.26 bits per heavy atom. The first-order valence-electron chi connectivity index (χ1n) is 7.67. The number of nitrogens with one attached hydrogen (secondary N) is 1. The minimum Gasteiger partial charge on any atom is -0.481 e. The van der Waals surface area contributed by atoms with Crippen molar-refractivity contribution in [3.63, 3.8) is 0 Å². The number of anilines is 1. The van der Waals surface area contributed by atoms with Gasteiger partial charge < -0.3 is 9.84 Å². The van der Waals surface area contributed by atoms with Gasteiger partial charge in [-0.25, -0.2) is 4.79 Å². The van der Waals surface area contributed by atoms with Crippen LogP contribution in [-0.2, 0) is 14.9 Å². The summed E-state index contributed by atoms with van der Waals surface area (Å²) in [6.07, 6.45) is 2.35. The number of carbonyl (C=O) groups is 2. The van der Waals surface area contributed by atoms with Gasteiger partial charge in [-0.2, -0.15) is 0 Å². The molecule has 1 fully saturated rings. The summed E-state index contributed by atoms with van der Waals surface area (Å²) in [7, 11) is 0. The molecule has 23 heavy (non-hydrogen) atoms. The van der Waals surface area contributed by atoms with E-state index < -0.39 is 23.1 Å². The molecule has 1 aromatic rings. The predicted octanol–water partition coefficient (Wildman–Crippen LogP) is 4.58. The molecule has 0 unspecified atom stereocenters. The number of halogens is 1. The highest BCUT2D eigenvalue weighted by molar-refractivity contribution is 6.32. The molecule has 0 atom stereocenters. The third-order valence-electron chi connectivity index (χ3n) is 4.00. The van der Waals surface area contributed by atoms with E-state index in [9.17, 15) is 14.7 Å². The Kier molecular flexibility index (Phi) is 4.90. The number of amides is 1. The molecule has 2 N–H and O–H groups in total. The van der Waals surface area contributed by atoms with Gasteiger partial charge in [0.05, 0.1) is 5.41 Å². The van der Waals surface area contributed by atoms with Crippen molar-refractivity contribution in [1.29, 1.82) is 0 Å². The largest absolute Gasteiger partial charge is 0.481 e. The molecule has 0 radical (unpaired) electrons. The van der Waals surface area contributed by atoms with Crippen LogP contribution in [0.3, 0.4) is 0 Å². The predicted molar refractivity (Wildman–Crippen MR) is 89.1 cm³/mol. The number of ether oxygens (including phenoxy) is 1. The van der Waals surface area contributed by atoms with Crippen LogP contribution in [0.4, 0.5) is 10.5 Å². The fourth-order valence-electron chi connectivity index (χ4n) is 2.98. The average Bonchev–Trinajstić information content (AvgIpc) is 2.86. The molecule has 0 bridgehead atoms. The van der Waals surface area contributed by atoms with Crippen molar-refractivity contribution in [3.8, 4) is 0 Å². The maximum atomic E-state index is 11.8. The fraction of sp³-hybridized carbons (Fsp3) is 0.529. The first kappa shape index (κ1) is 17.6. The topological polar surface area (TPSA) is 75.6 Å². The van der Waals surface area contributed by atoms with E-state index in [1.54, 1.807) is 39.0 Å². The molecule has 2 rings (SSSR count). The monoisotopic (exact) mass is 339 g/mol. The van der Waals surface area contributed by atoms with Crippen molar-refractivity contribution in [2.24, 2.45) is 0 Å². The Balaban J connectivity index is 2.21. The summed E-state index contributed by atoms with van der Waals surface area (Å²) >= 11 is 6.30. The zero-order valence-electron chi connectivity index (χ0n) is 13.6. The normalized spacial score (nSPS) is 16.9. The molecule has 1 aliphatic carbocycles. The smallest absolute Gasteiger partial charge is 0.412 e. The van der Waals surface area contributed by atoms with Gasteiger partial charge >= 0.3 is 12.1 Å². The van der Waals surface area contributed by atoms with Crippen LogP contribution in [0.2, 0.25) is 5.02 Å². The highest BCUT2D eigenvalue weighted by atomic mass is 35.5. The number of aliphatic carboxylic acids is 1. The Morgan fingerprint density at radius 3 is 2.35 bits per heavy atom. The first-order chi connectivity index (χ1) is 10.6. The van der Waals surface area contributed by atoms with Gasteiger partial charge in [0, 0.05) is 10.7 Å². The van der Waals surface area contributed by atoms with E-state index in [4.69, 9.17) is 16.3 Å². The molecule has 1 aromatic carbocycles. The zero-order valence-corrected chi connectivity index (χ0v) is 14.4. The van der Waals surface area contributed by atoms with E-state index >= 15 is 0 Å². The molecule has 1 saturated carbocycles. The number of benzene rings is 1. The molecule has 1 amide bonds. The van der Waals surface area contributed by atoms with Gasteiger partial charge in [0.1, 0.15) is 5.60 Å². The van der Waals surface area contributed by atoms with Gasteiger partial charge in [0.2, 0.25) is 0 Å². The average molecular weight is 340 g/mol. The Morgan fingerprint density at radius 2 is 1.87 bits per heavy atom. The van der Waals surface area contributed by atoms with Crippen molar-refractivity contribution < 1.29 is 19.4 Å². The Hall–Kier alpha value is -1.75. The quantitative estimate of drug-likeness (QED) is 0.844. The van der Waals surface area contributed by atoms with Gasteiger partial charge in [-0.15, -0.1) is 0 Å². The van der Waals surface area contributed by atoms with Crippen LogP contribution in [0.25, 0.3) is 0 Å². The molecular formula is C17H22ClNO4. The zero-order chi connectivity index (χ0) is 17.3. The minimum atomic E-state index is -0.915. The van der Waals surface area contributed by atoms with Crippen LogP contribution < -0.4 is 5.32 Å². The van der Waals surface area contributed by atoms with Gasteiger partial charge in [-0.1, -0.05) is 30.5 Å². The number of carboxylic acid groups (broad SMARTS) is 1. The fourth-order valence-corrected chi connectivity index (χ4v) is 3.34. The third kappa shape index (κ3) is 3.96. The van der Waals surface area contributed by atoms with E-state index in [1.807, 2.05) is 0 Å². The van der Waals surface area contributed by atoms with Crippen molar-refractivity contribution in [3.05, 3.63) is 28.8 Å². The van der Waals surface area contributed by atoms with Crippen LogP contribution in [0.15, 0.2) is 18.2 Å². The van der Waals surface area contributed by atoms with Crippen LogP contribution >= 0.6 is 11.6 Å². The summed E-state index contributed by atoms with van der Waals surface area (Å²) in [6, 6.07) is 4.92. The van der Waals surface area contributed by atoms with E-state index in [2.05, 4.69) is 5.32 Å². The van der Waals surface area contributed by atoms with Gasteiger partial charge in [-0.3, -0.25) is 10.1 Å². The minimum absolute atomic E-state index is 0.350. The second-order valence-corrected chi connectivity index (χ2v) is 7.32. The van der Waals surface area contributed by atoms with Gasteiger partial charge in [-0.05, 0) is 51.3 Å². The Bertz CT molecular complexity index is 616. The molecule has 6 heteroatoms. The van der Waals surface area contributed by atoms with Crippen LogP contribution in [0, 0.1) is 0 Å². The highest BCUT2D eigenvalue weighted by Gasteiger charge is 2.44. The molecule has 1 aliphatic rings. The maximum Gasteiger partial charge on any atom is 0.412 e. The second kappa shape index (κ2) is 6.40. The van der Waals surface area contributed by atoms with Crippen molar-refractivity contribution in [2.75, 3.05) is 5.32 Å². The molecule has 0 aromatic heterocycles. The molecular weight excluding hydrogens is 318 g/mol. The summed E-state index contributed by atoms with van der Waals surface area (Å²) in [4.78, 5) is 23.5. The van der Waals surface area contributed by atoms with Crippen molar-refractivity contribution in [2.45, 2.75) is 57.5 Å². The van der Waals surface area contributed by atoms with Crippen molar-refractivity contribution >= 4 is 29.4 Å². The molecule has 126 valence electrons. The maximum absolute atomic E-state index is 11.8. The number of rotatable bonds is 3. The number of hydrogen-bond donors (Lipinski definition) is 2. The SMILES string of the molecule is CC(C)(C)OC(=O)Nc1ccc(C2(C(=O)O)CCCC2)c(Cl)c1. The highest BCUT2D eigenvalue weighted by Crippen LogP contribution is 2.44. The standard InChI is InChI=1S/C17H22ClNO4/c1-16(2,3)23-15(22)19-11-6-7-12(13(18)10-11)17(14(20)21)8-4-5-9-17/h6-7,10H,4-5,8-9H2,1-3H3,(H,19,22)(H,20,21). The van der Waals surface area contributed by atoms with E-state index in [0.29, 0.717) is 29.1 Å². The molecule has 0 saturated heterocycles. The van der Waals surface area contributed by atoms with E-state index in [-0.39, 0.29) is 0 Å². The molecule has 5 nitrogen and oxygen atoms in total. The summed E-state index contributed by atoms with van der Waals surface area (Å²) in [5, 5.41) is 12.6. The third-order valence-corrected chi connectivity index (χ3v) is 4.31. The molecule has 0 aliphatic heterocycles. The van der Waals surface area contributed by atoms with Gasteiger partial charge in [0.25, 0.3) is 0 Å². The summed E-state index contributed by atoms with van der Waals surface area (Å²) in [6.45, 7) is 5.33. The lowest BCUT2D eigenvalue weighted by atomic mass is 9.79. The summed E-state index contributed by atoms with van der Waals surface area (Å²) in [5.41, 5.74) is -0.419. The van der Waals surface area contributed by atoms with Crippen LogP contribution in [0.1, 0.15) is 52.0 Å². The number of carbonyl (C=O) groups excluding carboxylic acids is 1. The lowest BCUT2D eigenvalue weighted by Gasteiger charge is -2.26. The molecule has 0 heterocycles. The summed E-state index contributed by atoms with van der Waals surface area (Å²) < 4.78 is 5.18. The lowest BCUT2D eigenvalue weighted by molar-refractivity contribution is -0.143. The van der Waals surface area contributed by atoms with Crippen LogP contribution in [0.5, 0.6) is 0 Å². The second-order valence-electron chi connectivity index (χ2n) is 6.92. The van der Waals surface area contributed by atoms with E-state index in [0.717, 1.165) is 12.8 Å². The number of hydrogen-bond acceptors (Lipinski definition) is 3. The number of carboxylic acids is 1.